The standard InChI is InChI=1S/C21H27N3O5S/c1-2-24-19-9-8-17(30(26,27)23-10-12-28-13-11-23)14-18(19)22-20(24)15-29-21(25)16-6-4-3-5-7-16/h3-4,8-9,14,16H,2,5-7,10-13,15H2,1H3. The average molecular weight is 434 g/mol. The maximum Gasteiger partial charge on any atom is 0.309 e. The van der Waals surface area contributed by atoms with Gasteiger partial charge in [0.1, 0.15) is 12.4 Å². The minimum absolute atomic E-state index is 0.0765. The molecule has 9 heteroatoms. The second-order valence-electron chi connectivity index (χ2n) is 7.53. The molecule has 0 bridgehead atoms. The van der Waals surface area contributed by atoms with E-state index >= 15 is 0 Å². The number of hydrogen-bond acceptors (Lipinski definition) is 6. The first-order valence-corrected chi connectivity index (χ1v) is 11.8. The molecule has 1 saturated heterocycles. The molecule has 2 aromatic rings. The van der Waals surface area contributed by atoms with Crippen LogP contribution in [0.1, 0.15) is 32.0 Å². The third-order valence-corrected chi connectivity index (χ3v) is 7.56. The van der Waals surface area contributed by atoms with E-state index in [4.69, 9.17) is 9.47 Å². The van der Waals surface area contributed by atoms with Gasteiger partial charge in [-0.05, 0) is 44.4 Å². The molecule has 0 saturated carbocycles. The van der Waals surface area contributed by atoms with Crippen LogP contribution in [0.4, 0.5) is 0 Å². The van der Waals surface area contributed by atoms with Crippen LogP contribution in [0.25, 0.3) is 11.0 Å². The maximum absolute atomic E-state index is 12.9. The van der Waals surface area contributed by atoms with Gasteiger partial charge in [0.15, 0.2) is 0 Å². The number of fused-ring (bicyclic) bond motifs is 1. The number of morpholine rings is 1. The van der Waals surface area contributed by atoms with Gasteiger partial charge < -0.3 is 14.0 Å². The molecule has 1 fully saturated rings. The molecule has 1 aliphatic heterocycles. The Morgan fingerprint density at radius 1 is 1.27 bits per heavy atom. The molecule has 2 aliphatic rings. The Labute approximate surface area is 176 Å². The van der Waals surface area contributed by atoms with Gasteiger partial charge in [0.05, 0.1) is 35.1 Å². The maximum atomic E-state index is 12.9. The number of benzene rings is 1. The SMILES string of the molecule is CCn1c(COC(=O)C2CC=CCC2)nc2cc(S(=O)(=O)N3CCOCC3)ccc21. The monoisotopic (exact) mass is 433 g/mol. The number of carbonyl (C=O) groups excluding carboxylic acids is 1. The molecule has 1 unspecified atom stereocenters. The Morgan fingerprint density at radius 3 is 2.77 bits per heavy atom. The molecule has 1 aromatic heterocycles. The van der Waals surface area contributed by atoms with E-state index in [2.05, 4.69) is 11.1 Å². The van der Waals surface area contributed by atoms with E-state index in [1.54, 1.807) is 18.2 Å². The first-order chi connectivity index (χ1) is 14.5. The number of rotatable bonds is 6. The van der Waals surface area contributed by atoms with Gasteiger partial charge in [-0.25, -0.2) is 13.4 Å². The predicted octanol–water partition coefficient (Wildman–Crippen LogP) is 2.48. The highest BCUT2D eigenvalue weighted by molar-refractivity contribution is 7.89. The average Bonchev–Trinajstić information content (AvgIpc) is 3.15. The number of esters is 1. The summed E-state index contributed by atoms with van der Waals surface area (Å²) in [6.45, 7) is 4.20. The van der Waals surface area contributed by atoms with Gasteiger partial charge in [-0.2, -0.15) is 4.31 Å². The minimum atomic E-state index is -3.59. The van der Waals surface area contributed by atoms with Gasteiger partial charge in [0.2, 0.25) is 10.0 Å². The molecular formula is C21H27N3O5S. The zero-order valence-corrected chi connectivity index (χ0v) is 17.9. The Hall–Kier alpha value is -2.23. The third-order valence-electron chi connectivity index (χ3n) is 5.67. The van der Waals surface area contributed by atoms with E-state index < -0.39 is 10.0 Å². The quantitative estimate of drug-likeness (QED) is 0.514. The van der Waals surface area contributed by atoms with Crippen LogP contribution < -0.4 is 0 Å². The molecule has 0 radical (unpaired) electrons. The van der Waals surface area contributed by atoms with Crippen LogP contribution in [0.5, 0.6) is 0 Å². The Bertz CT molecular complexity index is 1050. The van der Waals surface area contributed by atoms with Crippen molar-refractivity contribution in [1.29, 1.82) is 0 Å². The summed E-state index contributed by atoms with van der Waals surface area (Å²) in [6, 6.07) is 4.99. The van der Waals surface area contributed by atoms with Crippen molar-refractivity contribution in [3.8, 4) is 0 Å². The van der Waals surface area contributed by atoms with Gasteiger partial charge >= 0.3 is 5.97 Å². The Kier molecular flexibility index (Phi) is 6.21. The predicted molar refractivity (Wildman–Crippen MR) is 111 cm³/mol. The lowest BCUT2D eigenvalue weighted by Crippen LogP contribution is -2.40. The molecule has 2 heterocycles. The smallest absolute Gasteiger partial charge is 0.309 e. The highest BCUT2D eigenvalue weighted by Gasteiger charge is 2.27. The van der Waals surface area contributed by atoms with E-state index in [-0.39, 0.29) is 23.4 Å². The summed E-state index contributed by atoms with van der Waals surface area (Å²) in [7, 11) is -3.59. The molecule has 4 rings (SSSR count). The summed E-state index contributed by atoms with van der Waals surface area (Å²) < 4.78 is 40.1. The second-order valence-corrected chi connectivity index (χ2v) is 9.47. The number of aryl methyl sites for hydroxylation is 1. The van der Waals surface area contributed by atoms with Crippen LogP contribution in [-0.2, 0) is 37.4 Å². The van der Waals surface area contributed by atoms with Crippen LogP contribution in [0.15, 0.2) is 35.2 Å². The summed E-state index contributed by atoms with van der Waals surface area (Å²) in [6.07, 6.45) is 6.53. The number of nitrogens with zero attached hydrogens (tertiary/aromatic N) is 3. The van der Waals surface area contributed by atoms with Gasteiger partial charge in [-0.1, -0.05) is 12.2 Å². The lowest BCUT2D eigenvalue weighted by Gasteiger charge is -2.26. The first kappa shape index (κ1) is 21.0. The van der Waals surface area contributed by atoms with Crippen molar-refractivity contribution >= 4 is 27.0 Å². The van der Waals surface area contributed by atoms with E-state index in [0.717, 1.165) is 18.4 Å². The van der Waals surface area contributed by atoms with Gasteiger partial charge in [0, 0.05) is 19.6 Å². The molecule has 1 aliphatic carbocycles. The van der Waals surface area contributed by atoms with Crippen molar-refractivity contribution in [3.05, 3.63) is 36.2 Å². The normalized spacial score (nSPS) is 20.5. The van der Waals surface area contributed by atoms with E-state index in [9.17, 15) is 13.2 Å². The fourth-order valence-corrected chi connectivity index (χ4v) is 5.41. The third kappa shape index (κ3) is 4.14. The number of ether oxygens (including phenoxy) is 2. The van der Waals surface area contributed by atoms with Crippen LogP contribution in [0.2, 0.25) is 0 Å². The molecule has 1 aromatic carbocycles. The molecule has 0 amide bonds. The van der Waals surface area contributed by atoms with Gasteiger partial charge in [-0.15, -0.1) is 0 Å². The molecule has 162 valence electrons. The van der Waals surface area contributed by atoms with Crippen molar-refractivity contribution < 1.29 is 22.7 Å². The summed E-state index contributed by atoms with van der Waals surface area (Å²) in [5, 5.41) is 0. The number of allylic oxidation sites excluding steroid dienone is 2. The van der Waals surface area contributed by atoms with Crippen molar-refractivity contribution in [3.63, 3.8) is 0 Å². The molecule has 1 atom stereocenters. The second kappa shape index (κ2) is 8.87. The first-order valence-electron chi connectivity index (χ1n) is 10.4. The van der Waals surface area contributed by atoms with Crippen molar-refractivity contribution in [2.45, 2.75) is 44.2 Å². The number of carbonyl (C=O) groups is 1. The summed E-state index contributed by atoms with van der Waals surface area (Å²) in [5.74, 6) is 0.317. The number of aromatic nitrogens is 2. The highest BCUT2D eigenvalue weighted by atomic mass is 32.2. The fourth-order valence-electron chi connectivity index (χ4n) is 3.98. The van der Waals surface area contributed by atoms with E-state index in [1.165, 1.54) is 4.31 Å². The minimum Gasteiger partial charge on any atom is -0.457 e. The largest absolute Gasteiger partial charge is 0.457 e. The molecule has 0 spiro atoms. The number of hydrogen-bond donors (Lipinski definition) is 0. The molecule has 0 N–H and O–H groups in total. The molecule has 30 heavy (non-hydrogen) atoms. The fraction of sp³-hybridized carbons (Fsp3) is 0.524. The summed E-state index contributed by atoms with van der Waals surface area (Å²) >= 11 is 0. The lowest BCUT2D eigenvalue weighted by atomic mass is 9.95. The van der Waals surface area contributed by atoms with Crippen molar-refractivity contribution in [1.82, 2.24) is 13.9 Å². The van der Waals surface area contributed by atoms with Crippen LogP contribution in [0, 0.1) is 5.92 Å². The number of imidazole rings is 1. The van der Waals surface area contributed by atoms with Crippen LogP contribution in [-0.4, -0.2) is 54.5 Å². The Balaban J connectivity index is 1.56. The van der Waals surface area contributed by atoms with Crippen molar-refractivity contribution in [2.75, 3.05) is 26.3 Å². The highest BCUT2D eigenvalue weighted by Crippen LogP contribution is 2.25. The lowest BCUT2D eigenvalue weighted by molar-refractivity contribution is -0.150. The number of sulfonamides is 1. The molecule has 8 nitrogen and oxygen atoms in total. The van der Waals surface area contributed by atoms with Crippen molar-refractivity contribution in [2.24, 2.45) is 5.92 Å². The molecular weight excluding hydrogens is 406 g/mol. The van der Waals surface area contributed by atoms with Gasteiger partial charge in [-0.3, -0.25) is 4.79 Å². The van der Waals surface area contributed by atoms with E-state index in [0.29, 0.717) is 50.6 Å². The van der Waals surface area contributed by atoms with Gasteiger partial charge in [0.25, 0.3) is 0 Å². The summed E-state index contributed by atoms with van der Waals surface area (Å²) in [4.78, 5) is 17.2. The zero-order valence-electron chi connectivity index (χ0n) is 17.1. The summed E-state index contributed by atoms with van der Waals surface area (Å²) in [5.41, 5.74) is 1.41. The zero-order chi connectivity index (χ0) is 21.1. The van der Waals surface area contributed by atoms with E-state index in [1.807, 2.05) is 17.6 Å². The topological polar surface area (TPSA) is 90.7 Å². The van der Waals surface area contributed by atoms with Crippen LogP contribution in [0.3, 0.4) is 0 Å². The Morgan fingerprint density at radius 2 is 2.07 bits per heavy atom. The van der Waals surface area contributed by atoms with Crippen LogP contribution >= 0.6 is 0 Å².